The molecule has 0 radical (unpaired) electrons. The number of nitrogens with one attached hydrogen (secondary N) is 1. The summed E-state index contributed by atoms with van der Waals surface area (Å²) in [7, 11) is -1.72. The zero-order valence-electron chi connectivity index (χ0n) is 13.4. The molecule has 1 amide bonds. The van der Waals surface area contributed by atoms with Crippen molar-refractivity contribution >= 4 is 15.9 Å². The fraction of sp³-hybridized carbons (Fsp3) is 0.933. The summed E-state index contributed by atoms with van der Waals surface area (Å²) in [6, 6.07) is 0.114. The SMILES string of the molecule is COCCS(=O)(=O)N1CCC(NC(=O)C2CCCCC2)CC1. The maximum absolute atomic E-state index is 12.2. The number of hydrogen-bond donors (Lipinski definition) is 1. The largest absolute Gasteiger partial charge is 0.384 e. The molecule has 6 nitrogen and oxygen atoms in total. The van der Waals surface area contributed by atoms with Crippen LogP contribution >= 0.6 is 0 Å². The minimum atomic E-state index is -3.22. The highest BCUT2D eigenvalue weighted by Crippen LogP contribution is 2.24. The van der Waals surface area contributed by atoms with Crippen molar-refractivity contribution in [1.82, 2.24) is 9.62 Å². The van der Waals surface area contributed by atoms with Gasteiger partial charge in [-0.1, -0.05) is 19.3 Å². The minimum absolute atomic E-state index is 0.0304. The van der Waals surface area contributed by atoms with Gasteiger partial charge in [0.1, 0.15) is 0 Å². The lowest BCUT2D eigenvalue weighted by atomic mass is 9.88. The van der Waals surface area contributed by atoms with Gasteiger partial charge in [-0.25, -0.2) is 12.7 Å². The first-order valence-electron chi connectivity index (χ1n) is 8.30. The number of carbonyl (C=O) groups excluding carboxylic acids is 1. The first-order valence-corrected chi connectivity index (χ1v) is 9.91. The molecular weight excluding hydrogens is 304 g/mol. The Labute approximate surface area is 133 Å². The Hall–Kier alpha value is -0.660. The summed E-state index contributed by atoms with van der Waals surface area (Å²) < 4.78 is 30.5. The standard InChI is InChI=1S/C15H28N2O4S/c1-21-11-12-22(19,20)17-9-7-14(8-10-17)16-15(18)13-5-3-2-4-6-13/h13-14H,2-12H2,1H3,(H,16,18). The molecular formula is C15H28N2O4S. The molecule has 0 aromatic rings. The van der Waals surface area contributed by atoms with Crippen LogP contribution in [0.5, 0.6) is 0 Å². The molecule has 7 heteroatoms. The van der Waals surface area contributed by atoms with Gasteiger partial charge in [-0.2, -0.15) is 0 Å². The Bertz CT molecular complexity index is 452. The number of piperidine rings is 1. The maximum Gasteiger partial charge on any atom is 0.223 e. The van der Waals surface area contributed by atoms with Gasteiger partial charge in [-0.05, 0) is 25.7 Å². The molecule has 0 bridgehead atoms. The van der Waals surface area contributed by atoms with Gasteiger partial charge >= 0.3 is 0 Å². The van der Waals surface area contributed by atoms with Crippen LogP contribution < -0.4 is 5.32 Å². The number of sulfonamides is 1. The van der Waals surface area contributed by atoms with Crippen LogP contribution in [0.3, 0.4) is 0 Å². The molecule has 1 heterocycles. The molecule has 0 aromatic carbocycles. The average Bonchev–Trinajstić information content (AvgIpc) is 2.54. The summed E-state index contributed by atoms with van der Waals surface area (Å²) in [5.74, 6) is 0.361. The molecule has 128 valence electrons. The molecule has 2 aliphatic rings. The highest BCUT2D eigenvalue weighted by atomic mass is 32.2. The zero-order valence-corrected chi connectivity index (χ0v) is 14.2. The first-order chi connectivity index (χ1) is 10.5. The Morgan fingerprint density at radius 3 is 2.36 bits per heavy atom. The van der Waals surface area contributed by atoms with Crippen molar-refractivity contribution in [2.45, 2.75) is 51.0 Å². The van der Waals surface area contributed by atoms with Crippen LogP contribution in [0.15, 0.2) is 0 Å². The predicted octanol–water partition coefficient (Wildman–Crippen LogP) is 1.12. The van der Waals surface area contributed by atoms with Crippen molar-refractivity contribution in [2.24, 2.45) is 5.92 Å². The smallest absolute Gasteiger partial charge is 0.223 e. The summed E-state index contributed by atoms with van der Waals surface area (Å²) >= 11 is 0. The van der Waals surface area contributed by atoms with Gasteiger partial charge in [0.2, 0.25) is 15.9 Å². The topological polar surface area (TPSA) is 75.7 Å². The molecule has 2 fully saturated rings. The van der Waals surface area contributed by atoms with Gasteiger partial charge in [0.15, 0.2) is 0 Å². The third-order valence-corrected chi connectivity index (χ3v) is 6.55. The van der Waals surface area contributed by atoms with Crippen molar-refractivity contribution in [3.63, 3.8) is 0 Å². The number of nitrogens with zero attached hydrogens (tertiary/aromatic N) is 1. The maximum atomic E-state index is 12.2. The van der Waals surface area contributed by atoms with E-state index in [-0.39, 0.29) is 30.2 Å². The molecule has 2 rings (SSSR count). The molecule has 0 atom stereocenters. The number of carbonyl (C=O) groups is 1. The van der Waals surface area contributed by atoms with Crippen LogP contribution in [0.25, 0.3) is 0 Å². The normalized spacial score (nSPS) is 22.6. The number of hydrogen-bond acceptors (Lipinski definition) is 4. The Morgan fingerprint density at radius 1 is 1.14 bits per heavy atom. The highest BCUT2D eigenvalue weighted by molar-refractivity contribution is 7.89. The van der Waals surface area contributed by atoms with E-state index in [0.29, 0.717) is 25.9 Å². The van der Waals surface area contributed by atoms with Crippen LogP contribution in [-0.4, -0.2) is 57.2 Å². The molecule has 1 saturated heterocycles. The Kier molecular flexibility index (Phi) is 6.65. The molecule has 0 spiro atoms. The molecule has 1 saturated carbocycles. The van der Waals surface area contributed by atoms with E-state index in [0.717, 1.165) is 25.7 Å². The van der Waals surface area contributed by atoms with E-state index in [2.05, 4.69) is 5.32 Å². The van der Waals surface area contributed by atoms with E-state index in [1.165, 1.54) is 17.8 Å². The quantitative estimate of drug-likeness (QED) is 0.791. The molecule has 1 aliphatic carbocycles. The molecule has 22 heavy (non-hydrogen) atoms. The average molecular weight is 332 g/mol. The van der Waals surface area contributed by atoms with Gasteiger partial charge in [0, 0.05) is 32.2 Å². The summed E-state index contributed by atoms with van der Waals surface area (Å²) in [5.41, 5.74) is 0. The van der Waals surface area contributed by atoms with E-state index in [9.17, 15) is 13.2 Å². The van der Waals surface area contributed by atoms with Gasteiger partial charge < -0.3 is 10.1 Å². The number of methoxy groups -OCH3 is 1. The third-order valence-electron chi connectivity index (χ3n) is 4.72. The van der Waals surface area contributed by atoms with Crippen molar-refractivity contribution in [3.8, 4) is 0 Å². The van der Waals surface area contributed by atoms with Crippen LogP contribution in [-0.2, 0) is 19.6 Å². The second-order valence-electron chi connectivity index (χ2n) is 6.33. The highest BCUT2D eigenvalue weighted by Gasteiger charge is 2.30. The number of amides is 1. The number of ether oxygens (including phenoxy) is 1. The fourth-order valence-corrected chi connectivity index (χ4v) is 4.68. The van der Waals surface area contributed by atoms with Gasteiger partial charge in [0.25, 0.3) is 0 Å². The first kappa shape index (κ1) is 17.7. The van der Waals surface area contributed by atoms with Gasteiger partial charge in [-0.15, -0.1) is 0 Å². The lowest BCUT2D eigenvalue weighted by molar-refractivity contribution is -0.126. The summed E-state index contributed by atoms with van der Waals surface area (Å²) in [6.07, 6.45) is 6.92. The molecule has 1 N–H and O–H groups in total. The van der Waals surface area contributed by atoms with Crippen LogP contribution in [0, 0.1) is 5.92 Å². The minimum Gasteiger partial charge on any atom is -0.384 e. The van der Waals surface area contributed by atoms with Crippen LogP contribution in [0.1, 0.15) is 44.9 Å². The lowest BCUT2D eigenvalue weighted by Gasteiger charge is -2.32. The molecule has 1 aliphatic heterocycles. The lowest BCUT2D eigenvalue weighted by Crippen LogP contribution is -2.48. The summed E-state index contributed by atoms with van der Waals surface area (Å²) in [4.78, 5) is 12.2. The second-order valence-corrected chi connectivity index (χ2v) is 8.41. The summed E-state index contributed by atoms with van der Waals surface area (Å²) in [5, 5.41) is 3.12. The van der Waals surface area contributed by atoms with Crippen LogP contribution in [0.4, 0.5) is 0 Å². The fourth-order valence-electron chi connectivity index (χ4n) is 3.28. The van der Waals surface area contributed by atoms with Crippen LogP contribution in [0.2, 0.25) is 0 Å². The molecule has 0 aromatic heterocycles. The zero-order chi connectivity index (χ0) is 16.0. The van der Waals surface area contributed by atoms with E-state index >= 15 is 0 Å². The van der Waals surface area contributed by atoms with Crippen molar-refractivity contribution in [2.75, 3.05) is 32.6 Å². The van der Waals surface area contributed by atoms with E-state index in [4.69, 9.17) is 4.74 Å². The monoisotopic (exact) mass is 332 g/mol. The third kappa shape index (κ3) is 4.93. The molecule has 0 unspecified atom stereocenters. The number of rotatable bonds is 6. The van der Waals surface area contributed by atoms with E-state index in [1.807, 2.05) is 0 Å². The van der Waals surface area contributed by atoms with Crippen molar-refractivity contribution in [1.29, 1.82) is 0 Å². The van der Waals surface area contributed by atoms with Crippen molar-refractivity contribution in [3.05, 3.63) is 0 Å². The Balaban J connectivity index is 1.76. The van der Waals surface area contributed by atoms with E-state index < -0.39 is 10.0 Å². The van der Waals surface area contributed by atoms with Gasteiger partial charge in [0.05, 0.1) is 12.4 Å². The summed E-state index contributed by atoms with van der Waals surface area (Å²) in [6.45, 7) is 1.20. The van der Waals surface area contributed by atoms with Crippen molar-refractivity contribution < 1.29 is 17.9 Å². The predicted molar refractivity (Wildman–Crippen MR) is 85.0 cm³/mol. The van der Waals surface area contributed by atoms with Gasteiger partial charge in [-0.3, -0.25) is 4.79 Å². The Morgan fingerprint density at radius 2 is 1.77 bits per heavy atom. The second kappa shape index (κ2) is 8.26. The van der Waals surface area contributed by atoms with E-state index in [1.54, 1.807) is 0 Å².